The molecule has 1 aromatic rings. The van der Waals surface area contributed by atoms with E-state index in [1.54, 1.807) is 13.0 Å². The van der Waals surface area contributed by atoms with Crippen molar-refractivity contribution in [1.82, 2.24) is 0 Å². The first kappa shape index (κ1) is 16.0. The van der Waals surface area contributed by atoms with E-state index in [9.17, 15) is 13.2 Å². The third kappa shape index (κ3) is 3.63. The molecule has 0 bridgehead atoms. The quantitative estimate of drug-likeness (QED) is 0.873. The van der Waals surface area contributed by atoms with Crippen molar-refractivity contribution in [2.45, 2.75) is 44.9 Å². The highest BCUT2D eigenvalue weighted by Gasteiger charge is 2.33. The molecule has 1 fully saturated rings. The molecule has 0 spiro atoms. The number of sulfonamides is 1. The molecular weight excluding hydrogens is 288 g/mol. The number of hydrogen-bond donors (Lipinski definition) is 2. The summed E-state index contributed by atoms with van der Waals surface area (Å²) >= 11 is 0. The van der Waals surface area contributed by atoms with E-state index >= 15 is 0 Å². The van der Waals surface area contributed by atoms with E-state index in [2.05, 4.69) is 5.32 Å². The lowest BCUT2D eigenvalue weighted by Crippen LogP contribution is -2.23. The van der Waals surface area contributed by atoms with Crippen LogP contribution in [0.25, 0.3) is 0 Å². The van der Waals surface area contributed by atoms with Gasteiger partial charge >= 0.3 is 0 Å². The van der Waals surface area contributed by atoms with Crippen LogP contribution in [0.2, 0.25) is 0 Å². The van der Waals surface area contributed by atoms with Gasteiger partial charge in [0, 0.05) is 11.6 Å². The average Bonchev–Trinajstić information content (AvgIpc) is 3.22. The van der Waals surface area contributed by atoms with E-state index in [-0.39, 0.29) is 16.7 Å². The maximum Gasteiger partial charge on any atom is 0.238 e. The van der Waals surface area contributed by atoms with E-state index in [1.165, 1.54) is 6.07 Å². The number of carbonyl (C=O) groups excluding carboxylic acids is 1. The first-order chi connectivity index (χ1) is 9.74. The van der Waals surface area contributed by atoms with Gasteiger partial charge in [0.25, 0.3) is 0 Å². The monoisotopic (exact) mass is 310 g/mol. The zero-order chi connectivity index (χ0) is 15.8. The fraction of sp³-hybridized carbons (Fsp3) is 0.533. The second kappa shape index (κ2) is 5.77. The van der Waals surface area contributed by atoms with Crippen LogP contribution in [-0.4, -0.2) is 14.3 Å². The largest absolute Gasteiger partial charge is 0.325 e. The highest BCUT2D eigenvalue weighted by molar-refractivity contribution is 7.89. The molecule has 0 aromatic heterocycles. The first-order valence-corrected chi connectivity index (χ1v) is 8.75. The molecular formula is C15H22N2O3S. The van der Waals surface area contributed by atoms with Gasteiger partial charge in [0.05, 0.1) is 4.90 Å². The summed E-state index contributed by atoms with van der Waals surface area (Å²) in [6.07, 6.45) is 2.84. The van der Waals surface area contributed by atoms with Crippen LogP contribution in [-0.2, 0) is 21.2 Å². The van der Waals surface area contributed by atoms with Crippen LogP contribution in [0.1, 0.15) is 37.8 Å². The summed E-state index contributed by atoms with van der Waals surface area (Å²) in [6.45, 7) is 5.64. The predicted octanol–water partition coefficient (Wildman–Crippen LogP) is 2.19. The Kier molecular flexibility index (Phi) is 4.39. The summed E-state index contributed by atoms with van der Waals surface area (Å²) in [4.78, 5) is 12.3. The van der Waals surface area contributed by atoms with Gasteiger partial charge in [-0.15, -0.1) is 0 Å². The maximum absolute atomic E-state index is 12.2. The van der Waals surface area contributed by atoms with Gasteiger partial charge in [0.2, 0.25) is 15.9 Å². The Morgan fingerprint density at radius 1 is 1.43 bits per heavy atom. The topological polar surface area (TPSA) is 89.3 Å². The Bertz CT molecular complexity index is 664. The standard InChI is InChI=1S/C15H22N2O3S/c1-4-11-8-13(21(16,19)20)7-9(2)14(11)17-15(18)10(3)12-5-6-12/h7-8,10,12H,4-6H2,1-3H3,(H,17,18)(H2,16,19,20). The van der Waals surface area contributed by atoms with Crippen molar-refractivity contribution in [3.63, 3.8) is 0 Å². The van der Waals surface area contributed by atoms with Crippen molar-refractivity contribution < 1.29 is 13.2 Å². The number of nitrogens with one attached hydrogen (secondary N) is 1. The Hall–Kier alpha value is -1.40. The van der Waals surface area contributed by atoms with Gasteiger partial charge in [-0.1, -0.05) is 13.8 Å². The number of rotatable bonds is 5. The summed E-state index contributed by atoms with van der Waals surface area (Å²) in [5.41, 5.74) is 2.22. The third-order valence-electron chi connectivity index (χ3n) is 4.09. The van der Waals surface area contributed by atoms with E-state index in [1.807, 2.05) is 13.8 Å². The Labute approximate surface area is 126 Å². The minimum atomic E-state index is -3.74. The summed E-state index contributed by atoms with van der Waals surface area (Å²) in [6, 6.07) is 3.05. The van der Waals surface area contributed by atoms with Gasteiger partial charge in [-0.05, 0) is 55.4 Å². The molecule has 5 nitrogen and oxygen atoms in total. The molecule has 1 amide bonds. The van der Waals surface area contributed by atoms with E-state index in [0.717, 1.165) is 24.0 Å². The molecule has 2 rings (SSSR count). The number of hydrogen-bond acceptors (Lipinski definition) is 3. The van der Waals surface area contributed by atoms with Gasteiger partial charge in [0.1, 0.15) is 0 Å². The smallest absolute Gasteiger partial charge is 0.238 e. The SMILES string of the molecule is CCc1cc(S(N)(=O)=O)cc(C)c1NC(=O)C(C)C1CC1. The number of primary sulfonamides is 1. The van der Waals surface area contributed by atoms with E-state index in [0.29, 0.717) is 18.0 Å². The fourth-order valence-corrected chi connectivity index (χ4v) is 3.14. The lowest BCUT2D eigenvalue weighted by molar-refractivity contribution is -0.119. The number of amides is 1. The van der Waals surface area contributed by atoms with Gasteiger partial charge in [0.15, 0.2) is 0 Å². The minimum Gasteiger partial charge on any atom is -0.325 e. The van der Waals surface area contributed by atoms with Gasteiger partial charge in [-0.2, -0.15) is 0 Å². The molecule has 1 unspecified atom stereocenters. The Morgan fingerprint density at radius 2 is 2.05 bits per heavy atom. The van der Waals surface area contributed by atoms with E-state index < -0.39 is 10.0 Å². The third-order valence-corrected chi connectivity index (χ3v) is 4.98. The number of benzene rings is 1. The van der Waals surface area contributed by atoms with Crippen LogP contribution in [0.5, 0.6) is 0 Å². The van der Waals surface area contributed by atoms with Crippen molar-refractivity contribution in [2.75, 3.05) is 5.32 Å². The van der Waals surface area contributed by atoms with Gasteiger partial charge < -0.3 is 5.32 Å². The maximum atomic E-state index is 12.2. The molecule has 3 N–H and O–H groups in total. The Morgan fingerprint density at radius 3 is 2.52 bits per heavy atom. The van der Waals surface area contributed by atoms with Gasteiger partial charge in [-0.25, -0.2) is 13.6 Å². The molecule has 1 aromatic carbocycles. The van der Waals surface area contributed by atoms with Crippen molar-refractivity contribution in [3.05, 3.63) is 23.3 Å². The number of carbonyl (C=O) groups is 1. The normalized spacial score (nSPS) is 16.6. The van der Waals surface area contributed by atoms with Crippen LogP contribution in [0, 0.1) is 18.8 Å². The summed E-state index contributed by atoms with van der Waals surface area (Å²) < 4.78 is 23.0. The summed E-state index contributed by atoms with van der Waals surface area (Å²) in [7, 11) is -3.74. The second-order valence-corrected chi connectivity index (χ2v) is 7.35. The minimum absolute atomic E-state index is 0.00124. The van der Waals surface area contributed by atoms with Gasteiger partial charge in [-0.3, -0.25) is 4.79 Å². The highest BCUT2D eigenvalue weighted by atomic mass is 32.2. The number of aryl methyl sites for hydroxylation is 2. The van der Waals surface area contributed by atoms with Crippen molar-refractivity contribution in [3.8, 4) is 0 Å². The molecule has 0 heterocycles. The molecule has 6 heteroatoms. The lowest BCUT2D eigenvalue weighted by Gasteiger charge is -2.17. The first-order valence-electron chi connectivity index (χ1n) is 7.21. The zero-order valence-corrected chi connectivity index (χ0v) is 13.5. The molecule has 1 aliphatic rings. The van der Waals surface area contributed by atoms with Crippen LogP contribution in [0.3, 0.4) is 0 Å². The van der Waals surface area contributed by atoms with Crippen molar-refractivity contribution in [1.29, 1.82) is 0 Å². The molecule has 21 heavy (non-hydrogen) atoms. The molecule has 0 saturated heterocycles. The van der Waals surface area contributed by atoms with Crippen LogP contribution in [0.4, 0.5) is 5.69 Å². The van der Waals surface area contributed by atoms with Crippen molar-refractivity contribution in [2.24, 2.45) is 17.0 Å². The lowest BCUT2D eigenvalue weighted by atomic mass is 10.0. The van der Waals surface area contributed by atoms with Crippen molar-refractivity contribution >= 4 is 21.6 Å². The molecule has 116 valence electrons. The second-order valence-electron chi connectivity index (χ2n) is 5.79. The molecule has 0 aliphatic heterocycles. The summed E-state index contributed by atoms with van der Waals surface area (Å²) in [5, 5.41) is 8.14. The molecule has 0 radical (unpaired) electrons. The predicted molar refractivity (Wildman–Crippen MR) is 82.4 cm³/mol. The number of anilines is 1. The van der Waals surface area contributed by atoms with E-state index in [4.69, 9.17) is 5.14 Å². The highest BCUT2D eigenvalue weighted by Crippen LogP contribution is 2.37. The van der Waals surface area contributed by atoms with Crippen LogP contribution in [0.15, 0.2) is 17.0 Å². The number of nitrogens with two attached hydrogens (primary N) is 1. The molecule has 1 aliphatic carbocycles. The summed E-state index contributed by atoms with van der Waals surface area (Å²) in [5.74, 6) is 0.477. The van der Waals surface area contributed by atoms with Crippen LogP contribution < -0.4 is 10.5 Å². The van der Waals surface area contributed by atoms with Crippen LogP contribution >= 0.6 is 0 Å². The average molecular weight is 310 g/mol. The fourth-order valence-electron chi connectivity index (χ4n) is 2.49. The zero-order valence-electron chi connectivity index (χ0n) is 12.6. The molecule has 1 atom stereocenters. The molecule has 1 saturated carbocycles. The Balaban J connectivity index is 2.32.